The zero-order chi connectivity index (χ0) is 32.7. The van der Waals surface area contributed by atoms with E-state index in [2.05, 4.69) is 184 Å². The maximum Gasteiger partial charge on any atom is 0.0165 e. The summed E-state index contributed by atoms with van der Waals surface area (Å²) >= 11 is 0. The molecule has 0 N–H and O–H groups in total. The van der Waals surface area contributed by atoms with Crippen LogP contribution in [0.2, 0.25) is 0 Å². The smallest absolute Gasteiger partial charge is 0.0165 e. The standard InChI is InChI=1S/C49H34/c1-49(2)45-27-25-34(29-44(45)42-26-24-32-16-6-9-19-37(32)48(42)49)46-38-20-10-12-22-40(38)47(41-23-13-11-21-39(41)46)35-28-33-17-7-8-18-36(33)43(30-35)31-14-4-3-5-15-31/h3-30H,1-2H3. The zero-order valence-electron chi connectivity index (χ0n) is 27.7. The lowest BCUT2D eigenvalue weighted by molar-refractivity contribution is 0.666. The molecule has 0 heterocycles. The number of hydrogen-bond donors (Lipinski definition) is 0. The van der Waals surface area contributed by atoms with E-state index in [-0.39, 0.29) is 5.41 Å². The monoisotopic (exact) mass is 622 g/mol. The molecular weight excluding hydrogens is 589 g/mol. The van der Waals surface area contributed by atoms with Crippen LogP contribution in [-0.4, -0.2) is 0 Å². The molecule has 230 valence electrons. The predicted octanol–water partition coefficient (Wildman–Crippen LogP) is 13.6. The highest BCUT2D eigenvalue weighted by molar-refractivity contribution is 6.22. The summed E-state index contributed by atoms with van der Waals surface area (Å²) in [5.74, 6) is 0. The van der Waals surface area contributed by atoms with E-state index in [9.17, 15) is 0 Å². The Morgan fingerprint density at radius 1 is 0.327 bits per heavy atom. The summed E-state index contributed by atoms with van der Waals surface area (Å²) in [6, 6.07) is 63.1. The van der Waals surface area contributed by atoms with Crippen molar-refractivity contribution in [2.45, 2.75) is 19.3 Å². The molecule has 0 heteroatoms. The first-order chi connectivity index (χ1) is 24.1. The average Bonchev–Trinajstić information content (AvgIpc) is 3.39. The van der Waals surface area contributed by atoms with Gasteiger partial charge in [0.1, 0.15) is 0 Å². The Morgan fingerprint density at radius 3 is 1.53 bits per heavy atom. The number of fused-ring (bicyclic) bond motifs is 8. The third-order valence-corrected chi connectivity index (χ3v) is 11.0. The molecule has 0 aromatic heterocycles. The second-order valence-electron chi connectivity index (χ2n) is 14.0. The summed E-state index contributed by atoms with van der Waals surface area (Å²) in [7, 11) is 0. The molecule has 0 atom stereocenters. The Hall–Kier alpha value is -5.98. The highest BCUT2D eigenvalue weighted by Crippen LogP contribution is 2.53. The van der Waals surface area contributed by atoms with E-state index in [1.807, 2.05) is 0 Å². The van der Waals surface area contributed by atoms with Crippen LogP contribution < -0.4 is 0 Å². The molecule has 9 aromatic rings. The molecule has 1 aliphatic rings. The molecule has 0 unspecified atom stereocenters. The van der Waals surface area contributed by atoms with Gasteiger partial charge in [-0.15, -0.1) is 0 Å². The van der Waals surface area contributed by atoms with Crippen LogP contribution in [0.15, 0.2) is 170 Å². The van der Waals surface area contributed by atoms with Gasteiger partial charge in [-0.05, 0) is 117 Å². The third kappa shape index (κ3) is 4.11. The lowest BCUT2D eigenvalue weighted by Gasteiger charge is -2.23. The molecule has 0 saturated heterocycles. The molecule has 0 spiro atoms. The van der Waals surface area contributed by atoms with Crippen molar-refractivity contribution in [3.8, 4) is 44.5 Å². The van der Waals surface area contributed by atoms with Crippen molar-refractivity contribution in [3.05, 3.63) is 181 Å². The number of rotatable bonds is 3. The topological polar surface area (TPSA) is 0 Å². The highest BCUT2D eigenvalue weighted by atomic mass is 14.4. The van der Waals surface area contributed by atoms with Crippen LogP contribution in [0.4, 0.5) is 0 Å². The quantitative estimate of drug-likeness (QED) is 0.172. The third-order valence-electron chi connectivity index (χ3n) is 11.0. The van der Waals surface area contributed by atoms with Gasteiger partial charge in [0.15, 0.2) is 0 Å². The maximum atomic E-state index is 2.47. The molecule has 0 bridgehead atoms. The minimum absolute atomic E-state index is 0.0788. The highest BCUT2D eigenvalue weighted by Gasteiger charge is 2.37. The van der Waals surface area contributed by atoms with Gasteiger partial charge in [-0.2, -0.15) is 0 Å². The summed E-state index contributed by atoms with van der Waals surface area (Å²) in [5.41, 5.74) is 13.1. The average molecular weight is 623 g/mol. The van der Waals surface area contributed by atoms with Crippen molar-refractivity contribution >= 4 is 43.1 Å². The molecule has 0 nitrogen and oxygen atoms in total. The summed E-state index contributed by atoms with van der Waals surface area (Å²) in [6.07, 6.45) is 0. The Bertz CT molecular complexity index is 2720. The van der Waals surface area contributed by atoms with Gasteiger partial charge in [-0.3, -0.25) is 0 Å². The maximum absolute atomic E-state index is 2.47. The van der Waals surface area contributed by atoms with E-state index in [0.29, 0.717) is 0 Å². The second-order valence-corrected chi connectivity index (χ2v) is 14.0. The van der Waals surface area contributed by atoms with Crippen molar-refractivity contribution in [1.82, 2.24) is 0 Å². The second kappa shape index (κ2) is 10.5. The van der Waals surface area contributed by atoms with Crippen LogP contribution in [0.3, 0.4) is 0 Å². The zero-order valence-corrected chi connectivity index (χ0v) is 27.7. The van der Waals surface area contributed by atoms with Crippen LogP contribution in [0.1, 0.15) is 25.0 Å². The van der Waals surface area contributed by atoms with Crippen LogP contribution in [0.25, 0.3) is 87.6 Å². The minimum Gasteiger partial charge on any atom is -0.0622 e. The van der Waals surface area contributed by atoms with Crippen molar-refractivity contribution in [2.75, 3.05) is 0 Å². The molecule has 1 aliphatic carbocycles. The molecule has 0 radical (unpaired) electrons. The normalized spacial score (nSPS) is 13.3. The fraction of sp³-hybridized carbons (Fsp3) is 0.0612. The van der Waals surface area contributed by atoms with Crippen LogP contribution in [-0.2, 0) is 5.41 Å². The van der Waals surface area contributed by atoms with Crippen molar-refractivity contribution in [1.29, 1.82) is 0 Å². The van der Waals surface area contributed by atoms with Gasteiger partial charge in [0.2, 0.25) is 0 Å². The Labute approximate surface area is 286 Å². The van der Waals surface area contributed by atoms with Gasteiger partial charge in [-0.1, -0.05) is 166 Å². The van der Waals surface area contributed by atoms with E-state index in [0.717, 1.165) is 0 Å². The lowest BCUT2D eigenvalue weighted by atomic mass is 9.79. The Kier molecular flexibility index (Phi) is 6.02. The first-order valence-electron chi connectivity index (χ1n) is 17.3. The molecule has 0 aliphatic heterocycles. The van der Waals surface area contributed by atoms with E-state index in [1.54, 1.807) is 0 Å². The Balaban J connectivity index is 1.26. The van der Waals surface area contributed by atoms with Crippen LogP contribution in [0, 0.1) is 0 Å². The van der Waals surface area contributed by atoms with E-state index < -0.39 is 0 Å². The SMILES string of the molecule is CC1(C)c2ccc(-c3c4ccccc4c(-c4cc(-c5ccccc5)c5ccccc5c4)c4ccccc34)cc2-c2ccc3ccccc3c21. The van der Waals surface area contributed by atoms with E-state index >= 15 is 0 Å². The van der Waals surface area contributed by atoms with Gasteiger partial charge < -0.3 is 0 Å². The first kappa shape index (κ1) is 28.1. The van der Waals surface area contributed by atoms with Gasteiger partial charge in [-0.25, -0.2) is 0 Å². The van der Waals surface area contributed by atoms with Crippen molar-refractivity contribution < 1.29 is 0 Å². The lowest BCUT2D eigenvalue weighted by Crippen LogP contribution is -2.15. The van der Waals surface area contributed by atoms with Crippen LogP contribution >= 0.6 is 0 Å². The van der Waals surface area contributed by atoms with Gasteiger partial charge in [0.05, 0.1) is 0 Å². The first-order valence-corrected chi connectivity index (χ1v) is 17.3. The fourth-order valence-electron chi connectivity index (χ4n) is 8.83. The van der Waals surface area contributed by atoms with Gasteiger partial charge >= 0.3 is 0 Å². The van der Waals surface area contributed by atoms with E-state index in [1.165, 1.54) is 98.7 Å². The minimum atomic E-state index is -0.0788. The summed E-state index contributed by atoms with van der Waals surface area (Å²) in [6.45, 7) is 4.77. The molecule has 0 amide bonds. The molecular formula is C49H34. The largest absolute Gasteiger partial charge is 0.0622 e. The molecule has 0 saturated carbocycles. The summed E-state index contributed by atoms with van der Waals surface area (Å²) < 4.78 is 0. The van der Waals surface area contributed by atoms with Gasteiger partial charge in [0, 0.05) is 5.41 Å². The number of hydrogen-bond acceptors (Lipinski definition) is 0. The molecule has 49 heavy (non-hydrogen) atoms. The molecule has 0 fully saturated rings. The van der Waals surface area contributed by atoms with Crippen LogP contribution in [0.5, 0.6) is 0 Å². The fourth-order valence-corrected chi connectivity index (χ4v) is 8.83. The molecule has 10 rings (SSSR count). The van der Waals surface area contributed by atoms with Crippen molar-refractivity contribution in [3.63, 3.8) is 0 Å². The Morgan fingerprint density at radius 2 is 0.857 bits per heavy atom. The predicted molar refractivity (Wildman–Crippen MR) is 210 cm³/mol. The molecule has 9 aromatic carbocycles. The number of benzene rings is 9. The van der Waals surface area contributed by atoms with Gasteiger partial charge in [0.25, 0.3) is 0 Å². The summed E-state index contributed by atoms with van der Waals surface area (Å²) in [4.78, 5) is 0. The summed E-state index contributed by atoms with van der Waals surface area (Å²) in [5, 5.41) is 10.3. The van der Waals surface area contributed by atoms with Crippen molar-refractivity contribution in [2.24, 2.45) is 0 Å². The van der Waals surface area contributed by atoms with E-state index in [4.69, 9.17) is 0 Å².